The van der Waals surface area contributed by atoms with Gasteiger partial charge in [0.05, 0.1) is 10.5 Å². The zero-order valence-corrected chi connectivity index (χ0v) is 10.5. The van der Waals surface area contributed by atoms with Crippen molar-refractivity contribution in [2.45, 2.75) is 13.8 Å². The average Bonchev–Trinajstić information content (AvgIpc) is 2.69. The van der Waals surface area contributed by atoms with E-state index in [9.17, 15) is 0 Å². The molecule has 0 saturated carbocycles. The minimum Gasteiger partial charge on any atom is -0.207 e. The molecule has 0 aliphatic carbocycles. The SMILES string of the molecule is CSC(=CC(C)C)n1nnc2ccccc21. The second-order valence-corrected chi connectivity index (χ2v) is 4.77. The maximum absolute atomic E-state index is 4.20. The van der Waals surface area contributed by atoms with Gasteiger partial charge in [-0.1, -0.05) is 31.2 Å². The standard InChI is InChI=1S/C12H15N3S/c1-9(2)8-12(16-3)15-11-7-5-4-6-10(11)13-14-15/h4-9H,1-3H3. The molecule has 0 unspecified atom stereocenters. The van der Waals surface area contributed by atoms with Crippen molar-refractivity contribution in [3.05, 3.63) is 30.3 Å². The summed E-state index contributed by atoms with van der Waals surface area (Å²) in [6, 6.07) is 8.01. The average molecular weight is 233 g/mol. The first-order valence-electron chi connectivity index (χ1n) is 5.29. The smallest absolute Gasteiger partial charge is 0.113 e. The van der Waals surface area contributed by atoms with Crippen LogP contribution in [0.2, 0.25) is 0 Å². The Morgan fingerprint density at radius 2 is 2.12 bits per heavy atom. The summed E-state index contributed by atoms with van der Waals surface area (Å²) < 4.78 is 1.90. The van der Waals surface area contributed by atoms with Crippen LogP contribution in [0.25, 0.3) is 16.1 Å². The van der Waals surface area contributed by atoms with E-state index in [1.54, 1.807) is 11.8 Å². The largest absolute Gasteiger partial charge is 0.207 e. The Kier molecular flexibility index (Phi) is 3.29. The molecule has 0 aliphatic rings. The monoisotopic (exact) mass is 233 g/mol. The van der Waals surface area contributed by atoms with Gasteiger partial charge in [-0.05, 0) is 30.4 Å². The summed E-state index contributed by atoms with van der Waals surface area (Å²) in [6.45, 7) is 4.32. The predicted molar refractivity (Wildman–Crippen MR) is 70.2 cm³/mol. The van der Waals surface area contributed by atoms with Gasteiger partial charge in [-0.2, -0.15) is 0 Å². The normalized spacial score (nSPS) is 12.6. The molecule has 0 atom stereocenters. The number of aromatic nitrogens is 3. The summed E-state index contributed by atoms with van der Waals surface area (Å²) in [5.41, 5.74) is 2.00. The predicted octanol–water partition coefficient (Wildman–Crippen LogP) is 3.25. The van der Waals surface area contributed by atoms with Crippen LogP contribution in [-0.2, 0) is 0 Å². The highest BCUT2D eigenvalue weighted by atomic mass is 32.2. The number of hydrogen-bond donors (Lipinski definition) is 0. The molecular weight excluding hydrogens is 218 g/mol. The van der Waals surface area contributed by atoms with Gasteiger partial charge in [0.15, 0.2) is 0 Å². The van der Waals surface area contributed by atoms with E-state index < -0.39 is 0 Å². The molecule has 1 heterocycles. The quantitative estimate of drug-likeness (QED) is 0.815. The second-order valence-electron chi connectivity index (χ2n) is 3.94. The molecular formula is C12H15N3S. The third-order valence-corrected chi connectivity index (χ3v) is 2.97. The number of thioether (sulfide) groups is 1. The highest BCUT2D eigenvalue weighted by Gasteiger charge is 2.07. The number of fused-ring (bicyclic) bond motifs is 1. The van der Waals surface area contributed by atoms with Crippen molar-refractivity contribution in [1.82, 2.24) is 15.0 Å². The van der Waals surface area contributed by atoms with E-state index in [-0.39, 0.29) is 0 Å². The number of benzene rings is 1. The minimum absolute atomic E-state index is 0.505. The van der Waals surface area contributed by atoms with Crippen molar-refractivity contribution < 1.29 is 0 Å². The highest BCUT2D eigenvalue weighted by molar-refractivity contribution is 8.07. The van der Waals surface area contributed by atoms with Crippen molar-refractivity contribution in [3.8, 4) is 0 Å². The molecule has 4 heteroatoms. The third-order valence-electron chi connectivity index (χ3n) is 2.25. The summed E-state index contributed by atoms with van der Waals surface area (Å²) in [7, 11) is 0. The molecule has 0 aliphatic heterocycles. The van der Waals surface area contributed by atoms with Crippen molar-refractivity contribution in [3.63, 3.8) is 0 Å². The number of rotatable bonds is 3. The van der Waals surface area contributed by atoms with E-state index in [2.05, 4.69) is 36.5 Å². The van der Waals surface area contributed by atoms with Gasteiger partial charge in [0.1, 0.15) is 5.52 Å². The summed E-state index contributed by atoms with van der Waals surface area (Å²) in [6.07, 6.45) is 4.26. The summed E-state index contributed by atoms with van der Waals surface area (Å²) in [5.74, 6) is 0.505. The zero-order valence-electron chi connectivity index (χ0n) is 9.71. The first-order valence-corrected chi connectivity index (χ1v) is 6.51. The van der Waals surface area contributed by atoms with Gasteiger partial charge in [-0.25, -0.2) is 4.68 Å². The molecule has 3 nitrogen and oxygen atoms in total. The van der Waals surface area contributed by atoms with E-state index >= 15 is 0 Å². The van der Waals surface area contributed by atoms with E-state index in [0.29, 0.717) is 5.92 Å². The van der Waals surface area contributed by atoms with Crippen LogP contribution in [0, 0.1) is 5.92 Å². The Bertz CT molecular complexity index is 514. The van der Waals surface area contributed by atoms with Gasteiger partial charge in [-0.3, -0.25) is 0 Å². The fraction of sp³-hybridized carbons (Fsp3) is 0.333. The van der Waals surface area contributed by atoms with E-state index in [0.717, 1.165) is 16.1 Å². The summed E-state index contributed by atoms with van der Waals surface area (Å²) in [5, 5.41) is 9.48. The molecule has 0 N–H and O–H groups in total. The lowest BCUT2D eigenvalue weighted by Crippen LogP contribution is -1.97. The molecule has 0 saturated heterocycles. The topological polar surface area (TPSA) is 30.7 Å². The molecule has 1 aromatic heterocycles. The van der Waals surface area contributed by atoms with Crippen LogP contribution in [0.15, 0.2) is 30.3 Å². The molecule has 2 aromatic rings. The van der Waals surface area contributed by atoms with Gasteiger partial charge in [-0.15, -0.1) is 16.9 Å². The Hall–Kier alpha value is -1.29. The van der Waals surface area contributed by atoms with Crippen LogP contribution >= 0.6 is 11.8 Å². The molecule has 0 amide bonds. The molecule has 0 radical (unpaired) electrons. The summed E-state index contributed by atoms with van der Waals surface area (Å²) in [4.78, 5) is 0. The van der Waals surface area contributed by atoms with Crippen LogP contribution < -0.4 is 0 Å². The lowest BCUT2D eigenvalue weighted by atomic mass is 10.2. The Labute approximate surface area is 99.5 Å². The Morgan fingerprint density at radius 3 is 2.81 bits per heavy atom. The lowest BCUT2D eigenvalue weighted by molar-refractivity contribution is 0.808. The first-order chi connectivity index (χ1) is 7.72. The fourth-order valence-electron chi connectivity index (χ4n) is 1.54. The first kappa shape index (κ1) is 11.2. The van der Waals surface area contributed by atoms with Crippen molar-refractivity contribution >= 4 is 27.8 Å². The van der Waals surface area contributed by atoms with Gasteiger partial charge in [0.25, 0.3) is 0 Å². The minimum atomic E-state index is 0.505. The molecule has 2 rings (SSSR count). The van der Waals surface area contributed by atoms with Crippen molar-refractivity contribution in [2.24, 2.45) is 5.92 Å². The molecule has 84 valence electrons. The van der Waals surface area contributed by atoms with Gasteiger partial charge in [0.2, 0.25) is 0 Å². The highest BCUT2D eigenvalue weighted by Crippen LogP contribution is 2.23. The molecule has 0 bridgehead atoms. The van der Waals surface area contributed by atoms with Crippen molar-refractivity contribution in [1.29, 1.82) is 0 Å². The third kappa shape index (κ3) is 2.11. The van der Waals surface area contributed by atoms with Crippen LogP contribution in [0.3, 0.4) is 0 Å². The fourth-order valence-corrected chi connectivity index (χ4v) is 2.26. The zero-order chi connectivity index (χ0) is 11.5. The Morgan fingerprint density at radius 1 is 1.38 bits per heavy atom. The van der Waals surface area contributed by atoms with Crippen LogP contribution in [0.5, 0.6) is 0 Å². The lowest BCUT2D eigenvalue weighted by Gasteiger charge is -2.06. The number of para-hydroxylation sites is 1. The number of nitrogens with zero attached hydrogens (tertiary/aromatic N) is 3. The molecule has 0 fully saturated rings. The maximum atomic E-state index is 4.20. The number of allylic oxidation sites excluding steroid dienone is 1. The molecule has 0 spiro atoms. The van der Waals surface area contributed by atoms with Gasteiger partial charge < -0.3 is 0 Å². The van der Waals surface area contributed by atoms with Crippen LogP contribution in [0.4, 0.5) is 0 Å². The maximum Gasteiger partial charge on any atom is 0.113 e. The van der Waals surface area contributed by atoms with E-state index in [1.165, 1.54) is 0 Å². The molecule has 16 heavy (non-hydrogen) atoms. The second kappa shape index (κ2) is 4.70. The van der Waals surface area contributed by atoms with E-state index in [4.69, 9.17) is 0 Å². The van der Waals surface area contributed by atoms with Gasteiger partial charge in [0, 0.05) is 0 Å². The summed E-state index contributed by atoms with van der Waals surface area (Å²) >= 11 is 1.69. The van der Waals surface area contributed by atoms with E-state index in [1.807, 2.05) is 28.9 Å². The van der Waals surface area contributed by atoms with Crippen LogP contribution in [0.1, 0.15) is 13.8 Å². The van der Waals surface area contributed by atoms with Crippen LogP contribution in [-0.4, -0.2) is 21.2 Å². The molecule has 1 aromatic carbocycles. The van der Waals surface area contributed by atoms with Gasteiger partial charge >= 0.3 is 0 Å². The Balaban J connectivity index is 2.54. The van der Waals surface area contributed by atoms with Crippen molar-refractivity contribution in [2.75, 3.05) is 6.26 Å². The number of hydrogen-bond acceptors (Lipinski definition) is 3.